The Morgan fingerprint density at radius 2 is 1.85 bits per heavy atom. The third-order valence-electron chi connectivity index (χ3n) is 3.73. The summed E-state index contributed by atoms with van der Waals surface area (Å²) in [6.45, 7) is 5.16. The zero-order valence-corrected chi connectivity index (χ0v) is 15.5. The summed E-state index contributed by atoms with van der Waals surface area (Å²) >= 11 is 0. The molecule has 0 aliphatic carbocycles. The number of cyclic esters (lactones) is 2. The third-order valence-corrected chi connectivity index (χ3v) is 3.73. The number of esters is 3. The number of rotatable bonds is 7. The van der Waals surface area contributed by atoms with Crippen molar-refractivity contribution in [3.63, 3.8) is 0 Å². The van der Waals surface area contributed by atoms with Crippen LogP contribution >= 0.6 is 0 Å². The van der Waals surface area contributed by atoms with Gasteiger partial charge in [-0.15, -0.1) is 0 Å². The number of carbonyl (C=O) groups is 4. The highest BCUT2D eigenvalue weighted by Crippen LogP contribution is 2.22. The van der Waals surface area contributed by atoms with Gasteiger partial charge in [0.1, 0.15) is 18.2 Å². The van der Waals surface area contributed by atoms with Crippen LogP contribution in [0, 0.1) is 5.92 Å². The van der Waals surface area contributed by atoms with Gasteiger partial charge in [-0.05, 0) is 32.8 Å². The number of nitrogens with one attached hydrogen (secondary N) is 1. The fourth-order valence-corrected chi connectivity index (χ4v) is 2.52. The van der Waals surface area contributed by atoms with Crippen LogP contribution in [0.3, 0.4) is 0 Å². The zero-order valence-electron chi connectivity index (χ0n) is 15.5. The van der Waals surface area contributed by atoms with E-state index in [1.165, 1.54) is 0 Å². The van der Waals surface area contributed by atoms with Crippen LogP contribution in [0.2, 0.25) is 0 Å². The summed E-state index contributed by atoms with van der Waals surface area (Å²) < 4.78 is 14.9. The maximum Gasteiger partial charge on any atom is 0.415 e. The molecule has 1 N–H and O–H groups in total. The van der Waals surface area contributed by atoms with E-state index in [4.69, 9.17) is 9.47 Å². The van der Waals surface area contributed by atoms with E-state index in [1.807, 2.05) is 30.3 Å². The van der Waals surface area contributed by atoms with Gasteiger partial charge < -0.3 is 19.5 Å². The molecule has 1 amide bonds. The highest BCUT2D eigenvalue weighted by atomic mass is 16.6. The van der Waals surface area contributed by atoms with E-state index in [0.29, 0.717) is 0 Å². The van der Waals surface area contributed by atoms with Gasteiger partial charge in [0.15, 0.2) is 0 Å². The average molecular weight is 377 g/mol. The number of ether oxygens (including phenoxy) is 3. The van der Waals surface area contributed by atoms with Crippen molar-refractivity contribution in [1.29, 1.82) is 0 Å². The Labute approximate surface area is 157 Å². The molecule has 1 aromatic rings. The van der Waals surface area contributed by atoms with E-state index in [0.717, 1.165) is 5.56 Å². The predicted octanol–water partition coefficient (Wildman–Crippen LogP) is 2.10. The second-order valence-corrected chi connectivity index (χ2v) is 7.16. The molecule has 8 heteroatoms. The predicted molar refractivity (Wildman–Crippen MR) is 93.2 cm³/mol. The Kier molecular flexibility index (Phi) is 6.55. The first-order chi connectivity index (χ1) is 12.7. The van der Waals surface area contributed by atoms with Crippen LogP contribution in [0.15, 0.2) is 30.3 Å². The quantitative estimate of drug-likeness (QED) is 0.440. The Balaban J connectivity index is 1.96. The van der Waals surface area contributed by atoms with E-state index in [2.05, 4.69) is 10.1 Å². The number of carbonyl (C=O) groups excluding carboxylic acids is 4. The molecule has 2 rings (SSSR count). The van der Waals surface area contributed by atoms with Gasteiger partial charge in [0.25, 0.3) is 0 Å². The van der Waals surface area contributed by atoms with Gasteiger partial charge in [-0.3, -0.25) is 9.59 Å². The summed E-state index contributed by atoms with van der Waals surface area (Å²) in [6.07, 6.45) is -1.07. The molecule has 1 heterocycles. The van der Waals surface area contributed by atoms with Crippen LogP contribution in [0.4, 0.5) is 4.79 Å². The van der Waals surface area contributed by atoms with E-state index in [9.17, 15) is 19.2 Å². The van der Waals surface area contributed by atoms with Crippen molar-refractivity contribution in [3.05, 3.63) is 35.9 Å². The number of hydrogen-bond acceptors (Lipinski definition) is 7. The molecule has 0 bridgehead atoms. The lowest BCUT2D eigenvalue weighted by atomic mass is 9.94. The SMILES string of the molecule is CC(C)(C)OC(=O)[C@@H](CCC(=O)OCc1ccccc1)C1NC(=O)OC1=O. The van der Waals surface area contributed by atoms with Crippen molar-refractivity contribution < 1.29 is 33.4 Å². The maximum atomic E-state index is 12.5. The van der Waals surface area contributed by atoms with Gasteiger partial charge >= 0.3 is 24.0 Å². The van der Waals surface area contributed by atoms with Gasteiger partial charge in [0, 0.05) is 6.42 Å². The maximum absolute atomic E-state index is 12.5. The molecule has 1 aromatic carbocycles. The summed E-state index contributed by atoms with van der Waals surface area (Å²) in [5.41, 5.74) is 0.0523. The monoisotopic (exact) mass is 377 g/mol. The van der Waals surface area contributed by atoms with Gasteiger partial charge in [-0.2, -0.15) is 0 Å². The van der Waals surface area contributed by atoms with E-state index in [1.54, 1.807) is 20.8 Å². The first kappa shape index (κ1) is 20.4. The molecule has 0 radical (unpaired) electrons. The van der Waals surface area contributed by atoms with Gasteiger partial charge in [-0.1, -0.05) is 30.3 Å². The number of alkyl carbamates (subject to hydrolysis) is 1. The van der Waals surface area contributed by atoms with E-state index in [-0.39, 0.29) is 19.4 Å². The highest BCUT2D eigenvalue weighted by Gasteiger charge is 2.43. The van der Waals surface area contributed by atoms with Crippen molar-refractivity contribution in [2.24, 2.45) is 5.92 Å². The van der Waals surface area contributed by atoms with E-state index >= 15 is 0 Å². The Morgan fingerprint density at radius 1 is 1.19 bits per heavy atom. The first-order valence-corrected chi connectivity index (χ1v) is 8.60. The summed E-state index contributed by atoms with van der Waals surface area (Å²) in [7, 11) is 0. The van der Waals surface area contributed by atoms with Gasteiger partial charge in [0.2, 0.25) is 0 Å². The van der Waals surface area contributed by atoms with Crippen molar-refractivity contribution in [2.45, 2.75) is 51.9 Å². The van der Waals surface area contributed by atoms with Crippen LogP contribution in [0.25, 0.3) is 0 Å². The average Bonchev–Trinajstić information content (AvgIpc) is 2.91. The topological polar surface area (TPSA) is 108 Å². The van der Waals surface area contributed by atoms with Crippen LogP contribution in [-0.4, -0.2) is 35.6 Å². The Bertz CT molecular complexity index is 709. The molecule has 1 aliphatic rings. The van der Waals surface area contributed by atoms with E-state index < -0.39 is 41.6 Å². The molecule has 146 valence electrons. The molecule has 0 saturated carbocycles. The Morgan fingerprint density at radius 3 is 2.41 bits per heavy atom. The van der Waals surface area contributed by atoms with Crippen LogP contribution in [-0.2, 0) is 35.2 Å². The van der Waals surface area contributed by atoms with Crippen LogP contribution in [0.1, 0.15) is 39.2 Å². The third kappa shape index (κ3) is 6.40. The van der Waals surface area contributed by atoms with Crippen molar-refractivity contribution >= 4 is 24.0 Å². The lowest BCUT2D eigenvalue weighted by Gasteiger charge is -2.25. The Hall–Kier alpha value is -2.90. The minimum Gasteiger partial charge on any atom is -0.461 e. The smallest absolute Gasteiger partial charge is 0.415 e. The molecule has 8 nitrogen and oxygen atoms in total. The second kappa shape index (κ2) is 8.66. The standard InChI is InChI=1S/C19H23NO7/c1-19(2,3)27-16(22)13(15-17(23)26-18(24)20-15)9-10-14(21)25-11-12-7-5-4-6-8-12/h4-8,13,15H,9-11H2,1-3H3,(H,20,24)/t13-,15?/m0/s1. The summed E-state index contributed by atoms with van der Waals surface area (Å²) in [5, 5.41) is 2.29. The molecule has 0 aromatic heterocycles. The van der Waals surface area contributed by atoms with Crippen molar-refractivity contribution in [1.82, 2.24) is 5.32 Å². The fourth-order valence-electron chi connectivity index (χ4n) is 2.52. The molecule has 0 spiro atoms. The summed E-state index contributed by atoms with van der Waals surface area (Å²) in [4.78, 5) is 47.6. The van der Waals surface area contributed by atoms with Crippen molar-refractivity contribution in [2.75, 3.05) is 0 Å². The molecule has 1 unspecified atom stereocenters. The largest absolute Gasteiger partial charge is 0.461 e. The van der Waals surface area contributed by atoms with Crippen LogP contribution < -0.4 is 5.32 Å². The summed E-state index contributed by atoms with van der Waals surface area (Å²) in [5.74, 6) is -3.13. The fraction of sp³-hybridized carbons (Fsp3) is 0.474. The minimum absolute atomic E-state index is 0.0252. The first-order valence-electron chi connectivity index (χ1n) is 8.60. The van der Waals surface area contributed by atoms with Crippen molar-refractivity contribution in [3.8, 4) is 0 Å². The van der Waals surface area contributed by atoms with Gasteiger partial charge in [0.05, 0.1) is 5.92 Å². The van der Waals surface area contributed by atoms with Gasteiger partial charge in [-0.25, -0.2) is 9.59 Å². The minimum atomic E-state index is -1.19. The molecule has 1 saturated heterocycles. The summed E-state index contributed by atoms with van der Waals surface area (Å²) in [6, 6.07) is 7.97. The molecule has 1 aliphatic heterocycles. The van der Waals surface area contributed by atoms with Crippen LogP contribution in [0.5, 0.6) is 0 Å². The highest BCUT2D eigenvalue weighted by molar-refractivity contribution is 5.98. The molecule has 27 heavy (non-hydrogen) atoms. The molecular formula is C19H23NO7. The zero-order chi connectivity index (χ0) is 20.0. The number of hydrogen-bond donors (Lipinski definition) is 1. The lowest BCUT2D eigenvalue weighted by Crippen LogP contribution is -2.43. The molecule has 1 fully saturated rings. The second-order valence-electron chi connectivity index (χ2n) is 7.16. The number of benzene rings is 1. The molecular weight excluding hydrogens is 354 g/mol. The molecule has 2 atom stereocenters. The normalized spacial score (nSPS) is 17.7. The number of amides is 1. The lowest BCUT2D eigenvalue weighted by molar-refractivity contribution is -0.163.